The van der Waals surface area contributed by atoms with Gasteiger partial charge in [-0.25, -0.2) is 9.97 Å². The van der Waals surface area contributed by atoms with Gasteiger partial charge in [0.25, 0.3) is 0 Å². The molecule has 1 aliphatic carbocycles. The van der Waals surface area contributed by atoms with Crippen molar-refractivity contribution in [2.75, 3.05) is 19.9 Å². The summed E-state index contributed by atoms with van der Waals surface area (Å²) < 4.78 is 5.32. The molecule has 2 aromatic heterocycles. The van der Waals surface area contributed by atoms with E-state index < -0.39 is 0 Å². The predicted molar refractivity (Wildman–Crippen MR) is 124 cm³/mol. The van der Waals surface area contributed by atoms with Gasteiger partial charge in [0, 0.05) is 11.4 Å². The number of thiophene rings is 1. The number of fused-ring (bicyclic) bond motifs is 4. The number of hydrogen-bond donors (Lipinski definition) is 1. The first-order valence-electron chi connectivity index (χ1n) is 10.4. The average Bonchev–Trinajstić information content (AvgIpc) is 3.12. The van der Waals surface area contributed by atoms with Crippen molar-refractivity contribution in [2.45, 2.75) is 38.8 Å². The minimum Gasteiger partial charge on any atom is -0.497 e. The highest BCUT2D eigenvalue weighted by Crippen LogP contribution is 2.37. The fraction of sp³-hybridized carbons (Fsp3) is 0.333. The van der Waals surface area contributed by atoms with E-state index in [4.69, 9.17) is 15.5 Å². The van der Waals surface area contributed by atoms with Crippen LogP contribution >= 0.6 is 11.3 Å². The number of ether oxygens (including phenoxy) is 1. The van der Waals surface area contributed by atoms with Crippen molar-refractivity contribution in [3.8, 4) is 5.75 Å². The number of hydrogen-bond acceptors (Lipinski definition) is 6. The van der Waals surface area contributed by atoms with E-state index in [1.54, 1.807) is 18.4 Å². The van der Waals surface area contributed by atoms with Crippen molar-refractivity contribution in [3.63, 3.8) is 0 Å². The molecule has 4 aromatic rings. The number of nitrogens with two attached hydrogens (primary N) is 1. The number of aromatic nitrogens is 2. The van der Waals surface area contributed by atoms with E-state index in [9.17, 15) is 0 Å². The molecule has 0 atom stereocenters. The van der Waals surface area contributed by atoms with E-state index in [0.29, 0.717) is 12.4 Å². The zero-order chi connectivity index (χ0) is 20.7. The molecule has 30 heavy (non-hydrogen) atoms. The van der Waals surface area contributed by atoms with Gasteiger partial charge in [-0.1, -0.05) is 18.2 Å². The summed E-state index contributed by atoms with van der Waals surface area (Å²) in [7, 11) is 3.80. The van der Waals surface area contributed by atoms with Gasteiger partial charge in [0.2, 0.25) is 0 Å². The first-order valence-corrected chi connectivity index (χ1v) is 11.2. The molecule has 1 aliphatic rings. The third-order valence-corrected chi connectivity index (χ3v) is 7.05. The number of nitrogens with zero attached hydrogens (tertiary/aromatic N) is 3. The Hall–Kier alpha value is -2.70. The van der Waals surface area contributed by atoms with Crippen molar-refractivity contribution >= 4 is 38.1 Å². The van der Waals surface area contributed by atoms with Crippen LogP contribution in [0.1, 0.15) is 34.7 Å². The van der Waals surface area contributed by atoms with Gasteiger partial charge in [-0.2, -0.15) is 0 Å². The molecular weight excluding hydrogens is 392 g/mol. The number of aryl methyl sites for hydroxylation is 2. The lowest BCUT2D eigenvalue weighted by Gasteiger charge is -2.17. The number of nitrogen functional groups attached to an aromatic ring is 1. The summed E-state index contributed by atoms with van der Waals surface area (Å²) in [5.74, 6) is 2.32. The maximum absolute atomic E-state index is 6.37. The van der Waals surface area contributed by atoms with Crippen LogP contribution < -0.4 is 10.5 Å². The van der Waals surface area contributed by atoms with Gasteiger partial charge >= 0.3 is 0 Å². The molecule has 2 aromatic carbocycles. The van der Waals surface area contributed by atoms with E-state index in [0.717, 1.165) is 41.2 Å². The number of methoxy groups -OCH3 is 1. The van der Waals surface area contributed by atoms with Gasteiger partial charge in [0.05, 0.1) is 19.0 Å². The van der Waals surface area contributed by atoms with Crippen LogP contribution in [-0.4, -0.2) is 29.0 Å². The second kappa shape index (κ2) is 7.85. The molecule has 0 spiro atoms. The predicted octanol–water partition coefficient (Wildman–Crippen LogP) is 4.95. The average molecular weight is 419 g/mol. The molecule has 0 unspecified atom stereocenters. The van der Waals surface area contributed by atoms with Crippen LogP contribution in [-0.2, 0) is 25.9 Å². The minimum absolute atomic E-state index is 0.641. The Balaban J connectivity index is 1.35. The maximum Gasteiger partial charge on any atom is 0.146 e. The van der Waals surface area contributed by atoms with Crippen LogP contribution in [0.15, 0.2) is 36.4 Å². The van der Waals surface area contributed by atoms with Crippen LogP contribution in [0.25, 0.3) is 21.0 Å². The molecule has 2 heterocycles. The molecule has 0 bridgehead atoms. The normalized spacial score (nSPS) is 13.8. The summed E-state index contributed by atoms with van der Waals surface area (Å²) in [6, 6.07) is 12.7. The van der Waals surface area contributed by atoms with Crippen molar-refractivity contribution in [1.82, 2.24) is 14.9 Å². The Labute approximate surface area is 180 Å². The van der Waals surface area contributed by atoms with E-state index in [-0.39, 0.29) is 0 Å². The standard InChI is InChI=1S/C24H26N4OS/c1-28(13-15-7-8-17-12-18(29-2)10-9-16(17)11-15)14-21-26-23(25)22-19-5-3-4-6-20(19)30-24(22)27-21/h7-12H,3-6,13-14H2,1-2H3,(H2,25,26,27). The molecule has 0 fully saturated rings. The Bertz CT molecular complexity index is 1230. The Kier molecular flexibility index (Phi) is 5.05. The number of benzene rings is 2. The molecule has 0 radical (unpaired) electrons. The quantitative estimate of drug-likeness (QED) is 0.497. The Morgan fingerprint density at radius 3 is 2.70 bits per heavy atom. The van der Waals surface area contributed by atoms with Crippen LogP contribution in [0.4, 0.5) is 5.82 Å². The van der Waals surface area contributed by atoms with E-state index in [1.165, 1.54) is 39.6 Å². The van der Waals surface area contributed by atoms with Crippen LogP contribution in [0.5, 0.6) is 5.75 Å². The molecule has 154 valence electrons. The van der Waals surface area contributed by atoms with Crippen molar-refractivity contribution in [2.24, 2.45) is 0 Å². The maximum atomic E-state index is 6.37. The molecule has 2 N–H and O–H groups in total. The lowest BCUT2D eigenvalue weighted by atomic mass is 9.97. The fourth-order valence-corrected chi connectivity index (χ4v) is 5.70. The number of rotatable bonds is 5. The third kappa shape index (κ3) is 3.61. The van der Waals surface area contributed by atoms with Crippen LogP contribution in [0.3, 0.4) is 0 Å². The Morgan fingerprint density at radius 2 is 1.83 bits per heavy atom. The van der Waals surface area contributed by atoms with Gasteiger partial charge < -0.3 is 10.5 Å². The van der Waals surface area contributed by atoms with Gasteiger partial charge in [-0.05, 0) is 72.8 Å². The molecule has 5 rings (SSSR count). The topological polar surface area (TPSA) is 64.3 Å². The fourth-order valence-electron chi connectivity index (χ4n) is 4.41. The first kappa shape index (κ1) is 19.3. The molecular formula is C24H26N4OS. The van der Waals surface area contributed by atoms with Crippen molar-refractivity contribution in [1.29, 1.82) is 0 Å². The Morgan fingerprint density at radius 1 is 1.03 bits per heavy atom. The lowest BCUT2D eigenvalue weighted by molar-refractivity contribution is 0.311. The van der Waals surface area contributed by atoms with Gasteiger partial charge in [0.15, 0.2) is 0 Å². The van der Waals surface area contributed by atoms with Gasteiger partial charge in [0.1, 0.15) is 22.2 Å². The molecule has 6 heteroatoms. The van der Waals surface area contributed by atoms with E-state index in [2.05, 4.69) is 47.3 Å². The molecule has 0 saturated heterocycles. The van der Waals surface area contributed by atoms with Crippen molar-refractivity contribution in [3.05, 3.63) is 58.2 Å². The van der Waals surface area contributed by atoms with Crippen LogP contribution in [0, 0.1) is 0 Å². The second-order valence-electron chi connectivity index (χ2n) is 8.14. The van der Waals surface area contributed by atoms with Crippen LogP contribution in [0.2, 0.25) is 0 Å². The SMILES string of the molecule is COc1ccc2cc(CN(C)Cc3nc(N)c4c5c(sc4n3)CCCC5)ccc2c1. The largest absolute Gasteiger partial charge is 0.497 e. The second-order valence-corrected chi connectivity index (χ2v) is 9.22. The highest BCUT2D eigenvalue weighted by molar-refractivity contribution is 7.19. The third-order valence-electron chi connectivity index (χ3n) is 5.86. The summed E-state index contributed by atoms with van der Waals surface area (Å²) >= 11 is 1.80. The van der Waals surface area contributed by atoms with Gasteiger partial charge in [-0.3, -0.25) is 4.90 Å². The molecule has 0 saturated carbocycles. The monoisotopic (exact) mass is 418 g/mol. The number of anilines is 1. The van der Waals surface area contributed by atoms with Crippen molar-refractivity contribution < 1.29 is 4.74 Å². The summed E-state index contributed by atoms with van der Waals surface area (Å²) in [4.78, 5) is 14.3. The zero-order valence-electron chi connectivity index (χ0n) is 17.4. The van der Waals surface area contributed by atoms with Gasteiger partial charge in [-0.15, -0.1) is 11.3 Å². The molecule has 0 amide bonds. The summed E-state index contributed by atoms with van der Waals surface area (Å²) in [5.41, 5.74) is 9.02. The first-order chi connectivity index (χ1) is 14.6. The molecule has 0 aliphatic heterocycles. The highest BCUT2D eigenvalue weighted by atomic mass is 32.1. The molecule has 5 nitrogen and oxygen atoms in total. The smallest absolute Gasteiger partial charge is 0.146 e. The van der Waals surface area contributed by atoms with E-state index >= 15 is 0 Å². The highest BCUT2D eigenvalue weighted by Gasteiger charge is 2.20. The minimum atomic E-state index is 0.641. The summed E-state index contributed by atoms with van der Waals surface area (Å²) in [5, 5.41) is 3.50. The lowest BCUT2D eigenvalue weighted by Crippen LogP contribution is -2.19. The summed E-state index contributed by atoms with van der Waals surface area (Å²) in [6.07, 6.45) is 4.76. The van der Waals surface area contributed by atoms with E-state index in [1.807, 2.05) is 6.07 Å². The zero-order valence-corrected chi connectivity index (χ0v) is 18.3. The summed E-state index contributed by atoms with van der Waals surface area (Å²) in [6.45, 7) is 1.49.